The van der Waals surface area contributed by atoms with Gasteiger partial charge in [-0.15, -0.1) is 0 Å². The second kappa shape index (κ2) is 7.38. The summed E-state index contributed by atoms with van der Waals surface area (Å²) in [6.07, 6.45) is 0.872. The van der Waals surface area contributed by atoms with E-state index in [9.17, 15) is 9.59 Å². The number of fused-ring (bicyclic) bond motifs is 2. The van der Waals surface area contributed by atoms with Crippen LogP contribution in [0.5, 0.6) is 11.5 Å². The molecule has 130 valence electrons. The minimum absolute atomic E-state index is 0.00642. The molecule has 1 aliphatic rings. The molecular formula is C20H21NO4. The standard InChI is InChI=1S/C20H21NO4/c1-21(13-7-12-18(22)24-2)20(23)19-14-8-3-5-10-16(14)25-17-11-6-4-9-15(17)19/h3-6,8-11,19H,7,12-13H2,1-2H3. The van der Waals surface area contributed by atoms with Gasteiger partial charge in [0, 0.05) is 31.1 Å². The molecule has 5 nitrogen and oxygen atoms in total. The normalized spacial score (nSPS) is 12.6. The number of benzene rings is 2. The molecule has 0 aromatic heterocycles. The zero-order chi connectivity index (χ0) is 17.8. The van der Waals surface area contributed by atoms with Crippen LogP contribution < -0.4 is 4.74 Å². The van der Waals surface area contributed by atoms with Crippen molar-refractivity contribution < 1.29 is 19.1 Å². The van der Waals surface area contributed by atoms with Gasteiger partial charge in [-0.25, -0.2) is 0 Å². The zero-order valence-electron chi connectivity index (χ0n) is 14.4. The number of hydrogen-bond donors (Lipinski definition) is 0. The summed E-state index contributed by atoms with van der Waals surface area (Å²) in [6, 6.07) is 15.2. The van der Waals surface area contributed by atoms with Crippen LogP contribution in [-0.4, -0.2) is 37.5 Å². The first kappa shape index (κ1) is 17.0. The molecule has 1 heterocycles. The van der Waals surface area contributed by atoms with E-state index in [1.165, 1.54) is 7.11 Å². The first-order valence-corrected chi connectivity index (χ1v) is 8.29. The van der Waals surface area contributed by atoms with Gasteiger partial charge in [0.2, 0.25) is 5.91 Å². The summed E-state index contributed by atoms with van der Waals surface area (Å²) >= 11 is 0. The van der Waals surface area contributed by atoms with E-state index in [4.69, 9.17) is 4.74 Å². The molecule has 25 heavy (non-hydrogen) atoms. The van der Waals surface area contributed by atoms with Crippen molar-refractivity contribution in [2.75, 3.05) is 20.7 Å². The van der Waals surface area contributed by atoms with E-state index in [0.717, 1.165) is 11.1 Å². The minimum atomic E-state index is -0.399. The van der Waals surface area contributed by atoms with Crippen LogP contribution in [-0.2, 0) is 14.3 Å². The lowest BCUT2D eigenvalue weighted by Gasteiger charge is -2.30. The third-order valence-corrected chi connectivity index (χ3v) is 4.41. The number of likely N-dealkylation sites (N-methyl/N-ethyl adjacent to an activating group) is 1. The molecule has 1 aliphatic heterocycles. The molecule has 5 heteroatoms. The first-order valence-electron chi connectivity index (χ1n) is 8.29. The molecule has 0 N–H and O–H groups in total. The fraction of sp³-hybridized carbons (Fsp3) is 0.300. The Bertz CT molecular complexity index is 741. The molecule has 1 amide bonds. The van der Waals surface area contributed by atoms with E-state index in [2.05, 4.69) is 4.74 Å². The smallest absolute Gasteiger partial charge is 0.305 e. The number of rotatable bonds is 5. The van der Waals surface area contributed by atoms with Crippen molar-refractivity contribution in [3.05, 3.63) is 59.7 Å². The first-order chi connectivity index (χ1) is 12.1. The summed E-state index contributed by atoms with van der Waals surface area (Å²) in [7, 11) is 3.13. The number of hydrogen-bond acceptors (Lipinski definition) is 4. The Kier molecular flexibility index (Phi) is 5.03. The van der Waals surface area contributed by atoms with Crippen molar-refractivity contribution in [3.8, 4) is 11.5 Å². The van der Waals surface area contributed by atoms with Crippen molar-refractivity contribution in [2.24, 2.45) is 0 Å². The molecule has 0 spiro atoms. The molecule has 2 aromatic rings. The van der Waals surface area contributed by atoms with Crippen LogP contribution in [0.2, 0.25) is 0 Å². The number of amides is 1. The molecule has 0 unspecified atom stereocenters. The van der Waals surface area contributed by atoms with Gasteiger partial charge in [-0.3, -0.25) is 9.59 Å². The van der Waals surface area contributed by atoms with Crippen LogP contribution in [0.4, 0.5) is 0 Å². The molecule has 0 bridgehead atoms. The Labute approximate surface area is 147 Å². The number of nitrogens with zero attached hydrogens (tertiary/aromatic N) is 1. The average Bonchev–Trinajstić information content (AvgIpc) is 2.65. The van der Waals surface area contributed by atoms with Gasteiger partial charge in [0.05, 0.1) is 13.0 Å². The van der Waals surface area contributed by atoms with Gasteiger partial charge in [-0.05, 0) is 18.6 Å². The second-order valence-corrected chi connectivity index (χ2v) is 6.05. The van der Waals surface area contributed by atoms with Gasteiger partial charge >= 0.3 is 5.97 Å². The number of carbonyl (C=O) groups is 2. The summed E-state index contributed by atoms with van der Waals surface area (Å²) < 4.78 is 10.6. The SMILES string of the molecule is COC(=O)CCCN(C)C(=O)C1c2ccccc2Oc2ccccc21. The minimum Gasteiger partial charge on any atom is -0.469 e. The highest BCUT2D eigenvalue weighted by atomic mass is 16.5. The summed E-state index contributed by atoms with van der Waals surface area (Å²) in [5, 5.41) is 0. The third kappa shape index (κ3) is 3.50. The molecule has 0 atom stereocenters. The molecule has 0 radical (unpaired) electrons. The van der Waals surface area contributed by atoms with E-state index >= 15 is 0 Å². The van der Waals surface area contributed by atoms with Gasteiger partial charge < -0.3 is 14.4 Å². The van der Waals surface area contributed by atoms with Crippen molar-refractivity contribution in [2.45, 2.75) is 18.8 Å². The van der Waals surface area contributed by atoms with Gasteiger partial charge in [0.1, 0.15) is 11.5 Å². The quantitative estimate of drug-likeness (QED) is 0.784. The molecule has 3 rings (SSSR count). The lowest BCUT2D eigenvalue weighted by Crippen LogP contribution is -2.34. The third-order valence-electron chi connectivity index (χ3n) is 4.41. The van der Waals surface area contributed by atoms with Crippen LogP contribution in [0, 0.1) is 0 Å². The number of para-hydroxylation sites is 2. The highest BCUT2D eigenvalue weighted by Crippen LogP contribution is 2.44. The maximum atomic E-state index is 13.1. The second-order valence-electron chi connectivity index (χ2n) is 6.05. The fourth-order valence-corrected chi connectivity index (χ4v) is 3.07. The van der Waals surface area contributed by atoms with Crippen molar-refractivity contribution in [3.63, 3.8) is 0 Å². The Balaban J connectivity index is 1.83. The Morgan fingerprint density at radius 1 is 1.04 bits per heavy atom. The molecule has 0 saturated carbocycles. The highest BCUT2D eigenvalue weighted by molar-refractivity contribution is 5.89. The van der Waals surface area contributed by atoms with Crippen LogP contribution in [0.25, 0.3) is 0 Å². The maximum Gasteiger partial charge on any atom is 0.305 e. The lowest BCUT2D eigenvalue weighted by atomic mass is 9.87. The summed E-state index contributed by atoms with van der Waals surface area (Å²) in [4.78, 5) is 26.0. The van der Waals surface area contributed by atoms with Crippen molar-refractivity contribution >= 4 is 11.9 Å². The monoisotopic (exact) mass is 339 g/mol. The van der Waals surface area contributed by atoms with Crippen LogP contribution in [0.15, 0.2) is 48.5 Å². The van der Waals surface area contributed by atoms with Crippen LogP contribution in [0.3, 0.4) is 0 Å². The maximum absolute atomic E-state index is 13.1. The Morgan fingerprint density at radius 2 is 1.60 bits per heavy atom. The van der Waals surface area contributed by atoms with Gasteiger partial charge in [0.25, 0.3) is 0 Å². The van der Waals surface area contributed by atoms with Crippen molar-refractivity contribution in [1.82, 2.24) is 4.90 Å². The Hall–Kier alpha value is -2.82. The number of methoxy groups -OCH3 is 1. The molecule has 0 saturated heterocycles. The fourth-order valence-electron chi connectivity index (χ4n) is 3.07. The lowest BCUT2D eigenvalue weighted by molar-refractivity contribution is -0.141. The van der Waals surface area contributed by atoms with Crippen LogP contribution in [0.1, 0.15) is 29.9 Å². The molecule has 0 fully saturated rings. The molecular weight excluding hydrogens is 318 g/mol. The number of esters is 1. The van der Waals surface area contributed by atoms with Crippen molar-refractivity contribution in [1.29, 1.82) is 0 Å². The van der Waals surface area contributed by atoms with E-state index in [1.54, 1.807) is 11.9 Å². The van der Waals surface area contributed by atoms with E-state index in [1.807, 2.05) is 48.5 Å². The number of ether oxygens (including phenoxy) is 2. The van der Waals surface area contributed by atoms with E-state index in [0.29, 0.717) is 30.9 Å². The highest BCUT2D eigenvalue weighted by Gasteiger charge is 2.33. The zero-order valence-corrected chi connectivity index (χ0v) is 14.4. The summed E-state index contributed by atoms with van der Waals surface area (Å²) in [5.41, 5.74) is 1.73. The topological polar surface area (TPSA) is 55.8 Å². The van der Waals surface area contributed by atoms with E-state index < -0.39 is 5.92 Å². The number of carbonyl (C=O) groups excluding carboxylic acids is 2. The average molecular weight is 339 g/mol. The van der Waals surface area contributed by atoms with Gasteiger partial charge in [-0.2, -0.15) is 0 Å². The van der Waals surface area contributed by atoms with Crippen LogP contribution >= 0.6 is 0 Å². The molecule has 0 aliphatic carbocycles. The van der Waals surface area contributed by atoms with E-state index in [-0.39, 0.29) is 11.9 Å². The van der Waals surface area contributed by atoms with Gasteiger partial charge in [0.15, 0.2) is 0 Å². The summed E-state index contributed by atoms with van der Waals surface area (Å²) in [5.74, 6) is 0.755. The predicted octanol–water partition coefficient (Wildman–Crippen LogP) is 3.34. The molecule has 2 aromatic carbocycles. The van der Waals surface area contributed by atoms with Gasteiger partial charge in [-0.1, -0.05) is 36.4 Å². The largest absolute Gasteiger partial charge is 0.469 e. The summed E-state index contributed by atoms with van der Waals surface area (Å²) in [6.45, 7) is 0.496. The Morgan fingerprint density at radius 3 is 2.16 bits per heavy atom. The predicted molar refractivity (Wildman–Crippen MR) is 93.7 cm³/mol.